The summed E-state index contributed by atoms with van der Waals surface area (Å²) in [6.45, 7) is 1.56. The fourth-order valence-electron chi connectivity index (χ4n) is 3.09. The van der Waals surface area contributed by atoms with Crippen LogP contribution < -0.4 is 5.56 Å². The molecule has 0 radical (unpaired) electrons. The van der Waals surface area contributed by atoms with Crippen LogP contribution in [-0.2, 0) is 4.74 Å². The summed E-state index contributed by atoms with van der Waals surface area (Å²) in [4.78, 5) is 19.4. The van der Waals surface area contributed by atoms with E-state index in [-0.39, 0.29) is 5.56 Å². The third-order valence-electron chi connectivity index (χ3n) is 4.16. The van der Waals surface area contributed by atoms with Crippen molar-refractivity contribution in [2.45, 2.75) is 50.4 Å². The van der Waals surface area contributed by atoms with E-state index in [0.717, 1.165) is 37.6 Å². The molecule has 0 unspecified atom stereocenters. The van der Waals surface area contributed by atoms with Gasteiger partial charge in [-0.1, -0.05) is 12.8 Å². The monoisotopic (exact) mass is 248 g/mol. The van der Waals surface area contributed by atoms with Gasteiger partial charge in [-0.3, -0.25) is 4.79 Å². The molecule has 1 aromatic rings. The molecule has 1 aliphatic carbocycles. The number of ether oxygens (including phenoxy) is 1. The van der Waals surface area contributed by atoms with Gasteiger partial charge in [0, 0.05) is 31.1 Å². The first-order chi connectivity index (χ1) is 8.83. The maximum absolute atomic E-state index is 11.8. The highest BCUT2D eigenvalue weighted by Gasteiger charge is 2.22. The molecule has 0 bridgehead atoms. The Kier molecular flexibility index (Phi) is 3.46. The van der Waals surface area contributed by atoms with Crippen LogP contribution >= 0.6 is 0 Å². The maximum atomic E-state index is 11.8. The topological polar surface area (TPSA) is 55.0 Å². The molecule has 2 aliphatic rings. The lowest BCUT2D eigenvalue weighted by Crippen LogP contribution is -2.21. The molecule has 0 aromatic carbocycles. The summed E-state index contributed by atoms with van der Waals surface area (Å²) in [6, 6.07) is 1.69. The lowest BCUT2D eigenvalue weighted by Gasteiger charge is -2.22. The zero-order valence-corrected chi connectivity index (χ0v) is 10.7. The van der Waals surface area contributed by atoms with Crippen molar-refractivity contribution in [2.24, 2.45) is 0 Å². The Labute approximate surface area is 107 Å². The van der Waals surface area contributed by atoms with Gasteiger partial charge in [0.25, 0.3) is 5.56 Å². The zero-order valence-electron chi connectivity index (χ0n) is 10.7. The summed E-state index contributed by atoms with van der Waals surface area (Å²) in [7, 11) is 0. The molecule has 0 amide bonds. The second-order valence-electron chi connectivity index (χ2n) is 5.42. The molecule has 4 heteroatoms. The van der Waals surface area contributed by atoms with Gasteiger partial charge in [0.05, 0.1) is 5.69 Å². The predicted octanol–water partition coefficient (Wildman–Crippen LogP) is 2.32. The number of hydrogen-bond acceptors (Lipinski definition) is 3. The number of nitrogens with one attached hydrogen (secondary N) is 1. The minimum Gasteiger partial charge on any atom is -0.381 e. The highest BCUT2D eigenvalue weighted by atomic mass is 16.5. The predicted molar refractivity (Wildman–Crippen MR) is 68.9 cm³/mol. The molecule has 4 nitrogen and oxygen atoms in total. The first-order valence-corrected chi connectivity index (χ1v) is 7.02. The van der Waals surface area contributed by atoms with Crippen LogP contribution in [0.1, 0.15) is 61.9 Å². The lowest BCUT2D eigenvalue weighted by atomic mass is 9.98. The molecule has 3 rings (SSSR count). The van der Waals surface area contributed by atoms with Crippen molar-refractivity contribution >= 4 is 0 Å². The third-order valence-corrected chi connectivity index (χ3v) is 4.16. The Balaban J connectivity index is 1.87. The van der Waals surface area contributed by atoms with Gasteiger partial charge in [0.15, 0.2) is 0 Å². The fourth-order valence-corrected chi connectivity index (χ4v) is 3.09. The summed E-state index contributed by atoms with van der Waals surface area (Å²) < 4.78 is 5.36. The van der Waals surface area contributed by atoms with Crippen molar-refractivity contribution in [1.82, 2.24) is 9.97 Å². The SMILES string of the molecule is O=c1cc(C2CCCC2)nc(C2CCOCC2)[nH]1. The molecule has 1 saturated heterocycles. The molecule has 2 fully saturated rings. The van der Waals surface area contributed by atoms with Crippen LogP contribution in [0.4, 0.5) is 0 Å². The Morgan fingerprint density at radius 3 is 2.56 bits per heavy atom. The molecule has 1 saturated carbocycles. The van der Waals surface area contributed by atoms with Crippen LogP contribution in [0.15, 0.2) is 10.9 Å². The molecule has 0 atom stereocenters. The van der Waals surface area contributed by atoms with Crippen molar-refractivity contribution in [3.8, 4) is 0 Å². The smallest absolute Gasteiger partial charge is 0.251 e. The summed E-state index contributed by atoms with van der Waals surface area (Å²) in [6.07, 6.45) is 6.85. The highest BCUT2D eigenvalue weighted by molar-refractivity contribution is 5.12. The summed E-state index contributed by atoms with van der Waals surface area (Å²) in [5.74, 6) is 1.76. The van der Waals surface area contributed by atoms with E-state index in [9.17, 15) is 4.79 Å². The second kappa shape index (κ2) is 5.22. The van der Waals surface area contributed by atoms with Crippen molar-refractivity contribution in [2.75, 3.05) is 13.2 Å². The molecule has 1 aromatic heterocycles. The number of aromatic amines is 1. The van der Waals surface area contributed by atoms with E-state index in [4.69, 9.17) is 9.72 Å². The molecule has 2 heterocycles. The molecule has 1 aliphatic heterocycles. The van der Waals surface area contributed by atoms with Crippen LogP contribution in [0.2, 0.25) is 0 Å². The number of hydrogen-bond donors (Lipinski definition) is 1. The standard InChI is InChI=1S/C14H20N2O2/c17-13-9-12(10-3-1-2-4-10)15-14(16-13)11-5-7-18-8-6-11/h9-11H,1-8H2,(H,15,16,17). The van der Waals surface area contributed by atoms with Crippen molar-refractivity contribution < 1.29 is 4.74 Å². The first kappa shape index (κ1) is 11.9. The van der Waals surface area contributed by atoms with E-state index in [1.54, 1.807) is 6.07 Å². The number of rotatable bonds is 2. The van der Waals surface area contributed by atoms with E-state index in [2.05, 4.69) is 4.98 Å². The lowest BCUT2D eigenvalue weighted by molar-refractivity contribution is 0.0834. The van der Waals surface area contributed by atoms with Gasteiger partial charge in [0.2, 0.25) is 0 Å². The Morgan fingerprint density at radius 1 is 1.11 bits per heavy atom. The maximum Gasteiger partial charge on any atom is 0.251 e. The average molecular weight is 248 g/mol. The third kappa shape index (κ3) is 2.48. The molecule has 18 heavy (non-hydrogen) atoms. The number of H-pyrrole nitrogens is 1. The van der Waals surface area contributed by atoms with Gasteiger partial charge in [-0.2, -0.15) is 0 Å². The van der Waals surface area contributed by atoms with E-state index in [1.807, 2.05) is 0 Å². The van der Waals surface area contributed by atoms with Crippen LogP contribution in [-0.4, -0.2) is 23.2 Å². The second-order valence-corrected chi connectivity index (χ2v) is 5.42. The van der Waals surface area contributed by atoms with Crippen LogP contribution in [0.5, 0.6) is 0 Å². The van der Waals surface area contributed by atoms with Crippen molar-refractivity contribution in [1.29, 1.82) is 0 Å². The molecular weight excluding hydrogens is 228 g/mol. The van der Waals surface area contributed by atoms with Gasteiger partial charge < -0.3 is 9.72 Å². The summed E-state index contributed by atoms with van der Waals surface area (Å²) in [5, 5.41) is 0. The minimum absolute atomic E-state index is 0.00777. The largest absolute Gasteiger partial charge is 0.381 e. The average Bonchev–Trinajstić information content (AvgIpc) is 2.93. The van der Waals surface area contributed by atoms with E-state index < -0.39 is 0 Å². The minimum atomic E-state index is 0.00777. The normalized spacial score (nSPS) is 22.4. The van der Waals surface area contributed by atoms with Gasteiger partial charge in [0.1, 0.15) is 5.82 Å². The Morgan fingerprint density at radius 2 is 1.83 bits per heavy atom. The Bertz CT molecular complexity index is 457. The van der Waals surface area contributed by atoms with Crippen LogP contribution in [0.25, 0.3) is 0 Å². The van der Waals surface area contributed by atoms with E-state index in [0.29, 0.717) is 11.8 Å². The number of aromatic nitrogens is 2. The molecule has 1 N–H and O–H groups in total. The molecule has 0 spiro atoms. The van der Waals surface area contributed by atoms with E-state index in [1.165, 1.54) is 25.7 Å². The zero-order chi connectivity index (χ0) is 12.4. The molecule has 98 valence electrons. The fraction of sp³-hybridized carbons (Fsp3) is 0.714. The first-order valence-electron chi connectivity index (χ1n) is 7.02. The highest BCUT2D eigenvalue weighted by Crippen LogP contribution is 2.33. The number of nitrogens with zero attached hydrogens (tertiary/aromatic N) is 1. The van der Waals surface area contributed by atoms with Crippen LogP contribution in [0, 0.1) is 0 Å². The Hall–Kier alpha value is -1.16. The van der Waals surface area contributed by atoms with Gasteiger partial charge >= 0.3 is 0 Å². The van der Waals surface area contributed by atoms with Gasteiger partial charge in [-0.05, 0) is 25.7 Å². The molecular formula is C14H20N2O2. The van der Waals surface area contributed by atoms with Crippen molar-refractivity contribution in [3.05, 3.63) is 27.9 Å². The van der Waals surface area contributed by atoms with Gasteiger partial charge in [-0.15, -0.1) is 0 Å². The van der Waals surface area contributed by atoms with Crippen molar-refractivity contribution in [3.63, 3.8) is 0 Å². The van der Waals surface area contributed by atoms with Gasteiger partial charge in [-0.25, -0.2) is 4.98 Å². The summed E-state index contributed by atoms with van der Waals surface area (Å²) >= 11 is 0. The van der Waals surface area contributed by atoms with Crippen LogP contribution in [0.3, 0.4) is 0 Å². The quantitative estimate of drug-likeness (QED) is 0.874. The summed E-state index contributed by atoms with van der Waals surface area (Å²) in [5.41, 5.74) is 1.02. The van der Waals surface area contributed by atoms with E-state index >= 15 is 0 Å².